The zero-order valence-electron chi connectivity index (χ0n) is 45.1. The third kappa shape index (κ3) is 9.51. The highest BCUT2D eigenvalue weighted by Gasteiger charge is 2.27. The number of hydrogen-bond acceptors (Lipinski definition) is 1. The first kappa shape index (κ1) is 49.8. The van der Waals surface area contributed by atoms with E-state index in [-0.39, 0.29) is 0 Å². The van der Waals surface area contributed by atoms with Gasteiger partial charge in [0.05, 0.1) is 0 Å². The van der Waals surface area contributed by atoms with Crippen molar-refractivity contribution in [1.82, 2.24) is 0 Å². The first-order valence-electron chi connectivity index (χ1n) is 29.0. The number of fused-ring (bicyclic) bond motifs is 2. The summed E-state index contributed by atoms with van der Waals surface area (Å²) in [6, 6.07) is 74.2. The summed E-state index contributed by atoms with van der Waals surface area (Å²) in [5.41, 5.74) is 25.1. The summed E-state index contributed by atoms with van der Waals surface area (Å²) < 4.78 is 0. The van der Waals surface area contributed by atoms with Crippen molar-refractivity contribution >= 4 is 67.7 Å². The van der Waals surface area contributed by atoms with Gasteiger partial charge in [-0.05, 0) is 206 Å². The van der Waals surface area contributed by atoms with Crippen LogP contribution in [-0.2, 0) is 12.8 Å². The van der Waals surface area contributed by atoms with Gasteiger partial charge in [-0.15, -0.1) is 0 Å². The second kappa shape index (κ2) is 22.3. The Kier molecular flexibility index (Phi) is 14.3. The standard InChI is InChI=1S/C77H68S/c1-52-23-20-37-66(73(52)55-28-13-9-14-29-55)61-43-46-69-72(51-61)77(68-45-41-58-39-38-56-30-21-31-57-40-44-67(68)76(58)74(56)57)70-47-42-60(65-36-18-17-35-64(65)54-25-11-8-12-26-54)50-71(70)75(69)62-33-22-32-59(49-62)63-34-16-15-27-53(63)24-10-6-4-2-3-5-7-19-48-78/h8-9,11-18,20-22,25-30,32-43,45-47,49-52,78H,2-7,10,19,23-24,31,44,48H2,1H3. The average Bonchev–Trinajstić information content (AvgIpc) is 3.65. The molecule has 0 bridgehead atoms. The Balaban J connectivity index is 1.05. The quantitative estimate of drug-likeness (QED) is 0.0524. The maximum absolute atomic E-state index is 4.42. The van der Waals surface area contributed by atoms with E-state index in [2.05, 4.69) is 244 Å². The molecule has 13 rings (SSSR count). The lowest BCUT2D eigenvalue weighted by Crippen LogP contribution is -2.06. The molecule has 0 heterocycles. The van der Waals surface area contributed by atoms with Gasteiger partial charge in [0.25, 0.3) is 0 Å². The van der Waals surface area contributed by atoms with Crippen LogP contribution in [0.1, 0.15) is 105 Å². The molecule has 0 saturated heterocycles. The SMILES string of the molecule is CC1CC=CC(c2ccc3c(-c4cccc(-c5ccccc5CCCCCCCCCCS)c4)c4cc(-c5ccccc5-c5ccccc5)ccc4c(-c4ccc5ccc6c7c5c4CC=C7CC=C6)c3c2)=C1c1ccccc1. The van der Waals surface area contributed by atoms with E-state index in [0.717, 1.165) is 31.4 Å². The van der Waals surface area contributed by atoms with Crippen LogP contribution in [-0.4, -0.2) is 5.75 Å². The lowest BCUT2D eigenvalue weighted by molar-refractivity contribution is 0.577. The van der Waals surface area contributed by atoms with Gasteiger partial charge in [0.1, 0.15) is 0 Å². The summed E-state index contributed by atoms with van der Waals surface area (Å²) in [6.45, 7) is 2.40. The number of rotatable bonds is 17. The number of benzene rings is 10. The summed E-state index contributed by atoms with van der Waals surface area (Å²) in [6.07, 6.45) is 26.4. The van der Waals surface area contributed by atoms with Crippen molar-refractivity contribution in [2.75, 3.05) is 5.75 Å². The van der Waals surface area contributed by atoms with E-state index < -0.39 is 0 Å². The maximum atomic E-state index is 4.42. The molecular formula is C77H68S. The Bertz CT molecular complexity index is 4010. The van der Waals surface area contributed by atoms with Crippen LogP contribution < -0.4 is 0 Å². The van der Waals surface area contributed by atoms with Crippen LogP contribution >= 0.6 is 12.6 Å². The molecule has 0 spiro atoms. The molecule has 10 aromatic rings. The molecule has 1 heteroatoms. The molecule has 1 unspecified atom stereocenters. The molecule has 0 nitrogen and oxygen atoms in total. The average molecular weight is 1030 g/mol. The van der Waals surface area contributed by atoms with Crippen LogP contribution in [0, 0.1) is 5.92 Å². The summed E-state index contributed by atoms with van der Waals surface area (Å²) in [4.78, 5) is 0. The molecule has 0 radical (unpaired) electrons. The third-order valence-electron chi connectivity index (χ3n) is 17.3. The topological polar surface area (TPSA) is 0 Å². The Hall–Kier alpha value is -7.71. The highest BCUT2D eigenvalue weighted by atomic mass is 32.1. The molecule has 10 aromatic carbocycles. The smallest absolute Gasteiger partial charge is 0.00230 e. The molecule has 0 amide bonds. The number of thiol groups is 1. The molecule has 0 aliphatic heterocycles. The highest BCUT2D eigenvalue weighted by Crippen LogP contribution is 2.51. The summed E-state index contributed by atoms with van der Waals surface area (Å²) in [5.74, 6) is 1.40. The van der Waals surface area contributed by atoms with Gasteiger partial charge in [-0.3, -0.25) is 0 Å². The number of unbranched alkanes of at least 4 members (excludes halogenated alkanes) is 7. The highest BCUT2D eigenvalue weighted by molar-refractivity contribution is 7.80. The molecule has 0 saturated carbocycles. The monoisotopic (exact) mass is 1020 g/mol. The van der Waals surface area contributed by atoms with Gasteiger partial charge in [-0.1, -0.05) is 252 Å². The predicted molar refractivity (Wildman–Crippen MR) is 342 cm³/mol. The van der Waals surface area contributed by atoms with Crippen LogP contribution in [0.4, 0.5) is 0 Å². The molecule has 0 N–H and O–H groups in total. The maximum Gasteiger partial charge on any atom is -0.00230 e. The van der Waals surface area contributed by atoms with Crippen LogP contribution in [0.3, 0.4) is 0 Å². The Morgan fingerprint density at radius 3 is 1.83 bits per heavy atom. The first-order chi connectivity index (χ1) is 38.6. The zero-order chi connectivity index (χ0) is 52.4. The minimum atomic E-state index is 0.390. The van der Waals surface area contributed by atoms with Crippen LogP contribution in [0.5, 0.6) is 0 Å². The van der Waals surface area contributed by atoms with Gasteiger partial charge in [-0.25, -0.2) is 0 Å². The summed E-state index contributed by atoms with van der Waals surface area (Å²) >= 11 is 4.42. The Morgan fingerprint density at radius 1 is 0.423 bits per heavy atom. The molecular weight excluding hydrogens is 957 g/mol. The van der Waals surface area contributed by atoms with Crippen molar-refractivity contribution in [2.24, 2.45) is 5.92 Å². The van der Waals surface area contributed by atoms with Crippen LogP contribution in [0.25, 0.3) is 111 Å². The summed E-state index contributed by atoms with van der Waals surface area (Å²) in [7, 11) is 0. The van der Waals surface area contributed by atoms with Crippen molar-refractivity contribution in [3.05, 3.63) is 252 Å². The second-order valence-corrected chi connectivity index (χ2v) is 22.7. The van der Waals surface area contributed by atoms with E-state index in [1.807, 2.05) is 0 Å². The lowest BCUT2D eigenvalue weighted by atomic mass is 9.76. The van der Waals surface area contributed by atoms with E-state index in [9.17, 15) is 0 Å². The van der Waals surface area contributed by atoms with E-state index in [4.69, 9.17) is 0 Å². The number of aryl methyl sites for hydroxylation is 1. The molecule has 78 heavy (non-hydrogen) atoms. The van der Waals surface area contributed by atoms with Gasteiger partial charge >= 0.3 is 0 Å². The van der Waals surface area contributed by atoms with Gasteiger partial charge < -0.3 is 0 Å². The van der Waals surface area contributed by atoms with Crippen molar-refractivity contribution < 1.29 is 0 Å². The number of allylic oxidation sites excluding steroid dienone is 7. The lowest BCUT2D eigenvalue weighted by Gasteiger charge is -2.27. The second-order valence-electron chi connectivity index (χ2n) is 22.2. The molecule has 3 aliphatic carbocycles. The van der Waals surface area contributed by atoms with Crippen LogP contribution in [0.2, 0.25) is 0 Å². The number of hydrogen-bond donors (Lipinski definition) is 1. The molecule has 3 aliphatic rings. The Labute approximate surface area is 468 Å². The first-order valence-corrected chi connectivity index (χ1v) is 29.6. The minimum absolute atomic E-state index is 0.390. The fourth-order valence-corrected chi connectivity index (χ4v) is 13.8. The normalized spacial score (nSPS) is 14.7. The fraction of sp³-hybridized carbons (Fsp3) is 0.195. The zero-order valence-corrected chi connectivity index (χ0v) is 46.0. The van der Waals surface area contributed by atoms with E-state index in [1.54, 1.807) is 0 Å². The third-order valence-corrected chi connectivity index (χ3v) is 17.6. The van der Waals surface area contributed by atoms with E-state index in [1.165, 1.54) is 189 Å². The Morgan fingerprint density at radius 2 is 1.04 bits per heavy atom. The van der Waals surface area contributed by atoms with Crippen molar-refractivity contribution in [1.29, 1.82) is 0 Å². The summed E-state index contributed by atoms with van der Waals surface area (Å²) in [5, 5.41) is 7.87. The van der Waals surface area contributed by atoms with Gasteiger partial charge in [0.15, 0.2) is 0 Å². The predicted octanol–water partition coefficient (Wildman–Crippen LogP) is 21.9. The fourth-order valence-electron chi connectivity index (χ4n) is 13.6. The van der Waals surface area contributed by atoms with E-state index >= 15 is 0 Å². The van der Waals surface area contributed by atoms with E-state index in [0.29, 0.717) is 5.92 Å². The molecule has 0 fully saturated rings. The van der Waals surface area contributed by atoms with Gasteiger partial charge in [0, 0.05) is 0 Å². The van der Waals surface area contributed by atoms with Crippen molar-refractivity contribution in [3.63, 3.8) is 0 Å². The van der Waals surface area contributed by atoms with Crippen molar-refractivity contribution in [3.8, 4) is 55.6 Å². The molecule has 382 valence electrons. The largest absolute Gasteiger partial charge is 0.179 e. The van der Waals surface area contributed by atoms with Gasteiger partial charge in [0.2, 0.25) is 0 Å². The minimum Gasteiger partial charge on any atom is -0.179 e. The molecule has 0 aromatic heterocycles. The van der Waals surface area contributed by atoms with Gasteiger partial charge in [-0.2, -0.15) is 12.6 Å². The van der Waals surface area contributed by atoms with Crippen molar-refractivity contribution in [2.45, 2.75) is 84.0 Å². The van der Waals surface area contributed by atoms with Crippen LogP contribution in [0.15, 0.2) is 218 Å². The molecule has 1 atom stereocenters.